The van der Waals surface area contributed by atoms with Gasteiger partial charge in [0.15, 0.2) is 0 Å². The number of nitrogens with zero attached hydrogens (tertiary/aromatic N) is 1. The number of hydrazine groups is 1. The number of carbonyl (C=O) groups excluding carboxylic acids is 3. The second-order valence-corrected chi connectivity index (χ2v) is 6.23. The van der Waals surface area contributed by atoms with E-state index in [4.69, 9.17) is 16.7 Å². The monoisotopic (exact) mass is 377 g/mol. The van der Waals surface area contributed by atoms with Crippen molar-refractivity contribution in [3.8, 4) is 0 Å². The van der Waals surface area contributed by atoms with E-state index in [0.29, 0.717) is 25.1 Å². The first-order valence-corrected chi connectivity index (χ1v) is 8.57. The molecule has 0 aromatic heterocycles. The molecule has 1 atom stereocenters. The lowest BCUT2D eigenvalue weighted by Crippen LogP contribution is -2.57. The predicted molar refractivity (Wildman–Crippen MR) is 97.4 cm³/mol. The Labute approximate surface area is 155 Å². The van der Waals surface area contributed by atoms with E-state index in [1.165, 1.54) is 0 Å². The Bertz CT molecular complexity index is 751. The predicted octanol–water partition coefficient (Wildman–Crippen LogP) is 0.0567. The van der Waals surface area contributed by atoms with Gasteiger partial charge in [0.1, 0.15) is 6.04 Å². The van der Waals surface area contributed by atoms with Crippen molar-refractivity contribution in [1.29, 1.82) is 0 Å². The van der Waals surface area contributed by atoms with Gasteiger partial charge < -0.3 is 16.2 Å². The number of amides is 3. The fourth-order valence-electron chi connectivity index (χ4n) is 2.80. The normalized spacial score (nSPS) is 16.6. The van der Waals surface area contributed by atoms with Crippen LogP contribution in [0.15, 0.2) is 18.2 Å². The number of carbonyl (C=O) groups is 4. The van der Waals surface area contributed by atoms with Crippen LogP contribution in [0.3, 0.4) is 0 Å². The number of carboxylic acids is 1. The van der Waals surface area contributed by atoms with Crippen molar-refractivity contribution in [2.45, 2.75) is 38.1 Å². The third-order valence-electron chi connectivity index (χ3n) is 4.22. The fourth-order valence-corrected chi connectivity index (χ4v) is 2.80. The summed E-state index contributed by atoms with van der Waals surface area (Å²) >= 11 is 0. The third-order valence-corrected chi connectivity index (χ3v) is 4.22. The maximum Gasteiger partial charge on any atom is 0.303 e. The van der Waals surface area contributed by atoms with Crippen LogP contribution in [0.2, 0.25) is 0 Å². The highest BCUT2D eigenvalue weighted by atomic mass is 16.4. The molecule has 0 aliphatic carbocycles. The smallest absolute Gasteiger partial charge is 0.303 e. The number of hydrogen-bond donors (Lipinski definition) is 5. The largest absolute Gasteiger partial charge is 0.481 e. The summed E-state index contributed by atoms with van der Waals surface area (Å²) < 4.78 is 0. The molecule has 1 heterocycles. The van der Waals surface area contributed by atoms with E-state index in [-0.39, 0.29) is 30.5 Å². The molecule has 10 heteroatoms. The van der Waals surface area contributed by atoms with Gasteiger partial charge in [0.05, 0.1) is 5.56 Å². The summed E-state index contributed by atoms with van der Waals surface area (Å²) in [5, 5.41) is 14.7. The van der Waals surface area contributed by atoms with Gasteiger partial charge in [-0.25, -0.2) is 5.84 Å². The molecule has 0 bridgehead atoms. The van der Waals surface area contributed by atoms with Gasteiger partial charge in [0.2, 0.25) is 5.91 Å². The van der Waals surface area contributed by atoms with E-state index in [0.717, 1.165) is 5.01 Å². The number of nitrogen functional groups attached to an aromatic ring is 1. The number of rotatable bonds is 8. The van der Waals surface area contributed by atoms with E-state index in [1.54, 1.807) is 18.2 Å². The molecule has 3 amide bonds. The van der Waals surface area contributed by atoms with Crippen LogP contribution in [-0.2, 0) is 14.4 Å². The molecule has 146 valence electrons. The second kappa shape index (κ2) is 8.99. The number of carboxylic acid groups (broad SMARTS) is 1. The Morgan fingerprint density at radius 2 is 2.04 bits per heavy atom. The lowest BCUT2D eigenvalue weighted by atomic mass is 10.0. The molecule has 1 aromatic rings. The standard InChI is InChI=1S/C17H23N5O5/c18-10-4-3-5-11(20-9-2-1-6-14(24)25)15(10)17(27)22(19)12-7-8-13(23)21-16(12)26/h3-5,12,20H,1-2,6-9,18-19H2,(H,24,25)(H,21,23,26). The van der Waals surface area contributed by atoms with E-state index >= 15 is 0 Å². The number of benzene rings is 1. The molecule has 2 rings (SSSR count). The molecule has 1 unspecified atom stereocenters. The maximum absolute atomic E-state index is 12.8. The van der Waals surface area contributed by atoms with E-state index in [1.807, 2.05) is 0 Å². The molecule has 10 nitrogen and oxygen atoms in total. The molecule has 1 fully saturated rings. The number of piperidine rings is 1. The van der Waals surface area contributed by atoms with Crippen molar-refractivity contribution in [1.82, 2.24) is 10.3 Å². The Kier molecular flexibility index (Phi) is 6.72. The zero-order valence-corrected chi connectivity index (χ0v) is 14.7. The summed E-state index contributed by atoms with van der Waals surface area (Å²) in [4.78, 5) is 46.6. The molecule has 0 spiro atoms. The van der Waals surface area contributed by atoms with Crippen molar-refractivity contribution < 1.29 is 24.3 Å². The highest BCUT2D eigenvalue weighted by molar-refractivity contribution is 6.07. The number of anilines is 2. The molecule has 0 saturated carbocycles. The second-order valence-electron chi connectivity index (χ2n) is 6.23. The maximum atomic E-state index is 12.8. The number of aliphatic carboxylic acids is 1. The van der Waals surface area contributed by atoms with Gasteiger partial charge >= 0.3 is 5.97 Å². The van der Waals surface area contributed by atoms with Crippen LogP contribution in [0.1, 0.15) is 42.5 Å². The molecule has 1 aliphatic heterocycles. The van der Waals surface area contributed by atoms with Gasteiger partial charge in [-0.15, -0.1) is 0 Å². The van der Waals surface area contributed by atoms with Gasteiger partial charge in [-0.05, 0) is 31.4 Å². The molecule has 0 radical (unpaired) electrons. The topological polar surface area (TPSA) is 168 Å². The first-order chi connectivity index (χ1) is 12.8. The van der Waals surface area contributed by atoms with Gasteiger partial charge in [-0.1, -0.05) is 6.07 Å². The van der Waals surface area contributed by atoms with Crippen molar-refractivity contribution in [3.05, 3.63) is 23.8 Å². The Morgan fingerprint density at radius 3 is 2.70 bits per heavy atom. The first kappa shape index (κ1) is 20.2. The molecule has 27 heavy (non-hydrogen) atoms. The van der Waals surface area contributed by atoms with Crippen LogP contribution in [-0.4, -0.2) is 46.4 Å². The highest BCUT2D eigenvalue weighted by Gasteiger charge is 2.34. The van der Waals surface area contributed by atoms with Crippen LogP contribution >= 0.6 is 0 Å². The van der Waals surface area contributed by atoms with Gasteiger partial charge in [-0.3, -0.25) is 29.5 Å². The zero-order valence-electron chi connectivity index (χ0n) is 14.7. The summed E-state index contributed by atoms with van der Waals surface area (Å²) in [6.07, 6.45) is 1.38. The summed E-state index contributed by atoms with van der Waals surface area (Å²) in [5.41, 5.74) is 6.70. The minimum absolute atomic E-state index is 0.0660. The molecule has 1 aromatic carbocycles. The Morgan fingerprint density at radius 1 is 1.30 bits per heavy atom. The number of unbranched alkanes of at least 4 members (excludes halogenated alkanes) is 1. The molecule has 1 saturated heterocycles. The average molecular weight is 377 g/mol. The average Bonchev–Trinajstić information content (AvgIpc) is 2.60. The van der Waals surface area contributed by atoms with E-state index < -0.39 is 29.7 Å². The fraction of sp³-hybridized carbons (Fsp3) is 0.412. The highest BCUT2D eigenvalue weighted by Crippen LogP contribution is 2.25. The van der Waals surface area contributed by atoms with Crippen LogP contribution in [0, 0.1) is 0 Å². The van der Waals surface area contributed by atoms with Gasteiger partial charge in [0, 0.05) is 30.8 Å². The van der Waals surface area contributed by atoms with Crippen molar-refractivity contribution in [2.75, 3.05) is 17.6 Å². The van der Waals surface area contributed by atoms with Crippen LogP contribution < -0.4 is 22.2 Å². The number of nitrogens with two attached hydrogens (primary N) is 2. The zero-order chi connectivity index (χ0) is 20.0. The quantitative estimate of drug-likeness (QED) is 0.106. The minimum atomic E-state index is -0.960. The van der Waals surface area contributed by atoms with Crippen molar-refractivity contribution in [3.63, 3.8) is 0 Å². The van der Waals surface area contributed by atoms with E-state index in [9.17, 15) is 19.2 Å². The van der Waals surface area contributed by atoms with Crippen LogP contribution in [0.4, 0.5) is 11.4 Å². The number of imide groups is 1. The Hall–Kier alpha value is -3.14. The summed E-state index contributed by atoms with van der Waals surface area (Å²) in [6.45, 7) is 0.444. The number of nitrogens with one attached hydrogen (secondary N) is 2. The Balaban J connectivity index is 2.09. The SMILES string of the molecule is Nc1cccc(NCCCCC(=O)O)c1C(=O)N(N)C1CCC(=O)NC1=O. The summed E-state index contributed by atoms with van der Waals surface area (Å²) in [7, 11) is 0. The summed E-state index contributed by atoms with van der Waals surface area (Å²) in [5.74, 6) is 3.34. The number of hydrogen-bond acceptors (Lipinski definition) is 7. The van der Waals surface area contributed by atoms with Crippen molar-refractivity contribution in [2.24, 2.45) is 5.84 Å². The molecular formula is C17H23N5O5. The van der Waals surface area contributed by atoms with Crippen LogP contribution in [0.5, 0.6) is 0 Å². The summed E-state index contributed by atoms with van der Waals surface area (Å²) in [6, 6.07) is 3.90. The molecule has 7 N–H and O–H groups in total. The van der Waals surface area contributed by atoms with Crippen molar-refractivity contribution >= 4 is 35.1 Å². The minimum Gasteiger partial charge on any atom is -0.481 e. The van der Waals surface area contributed by atoms with Crippen LogP contribution in [0.25, 0.3) is 0 Å². The van der Waals surface area contributed by atoms with E-state index in [2.05, 4.69) is 10.6 Å². The third kappa shape index (κ3) is 5.17. The lowest BCUT2D eigenvalue weighted by molar-refractivity contribution is -0.138. The van der Waals surface area contributed by atoms with Gasteiger partial charge in [-0.2, -0.15) is 0 Å². The van der Waals surface area contributed by atoms with Gasteiger partial charge in [0.25, 0.3) is 11.8 Å². The molecular weight excluding hydrogens is 354 g/mol. The molecule has 1 aliphatic rings. The lowest BCUT2D eigenvalue weighted by Gasteiger charge is -2.29. The first-order valence-electron chi connectivity index (χ1n) is 8.57.